The molecule has 6 nitrogen and oxygen atoms in total. The molecule has 0 radical (unpaired) electrons. The number of nitrogens with zero attached hydrogens (tertiary/aromatic N) is 2. The Balaban J connectivity index is 1.98. The van der Waals surface area contributed by atoms with Crippen LogP contribution >= 0.6 is 0 Å². The molecule has 0 spiro atoms. The lowest BCUT2D eigenvalue weighted by atomic mass is 10.1. The number of hydrogen-bond donors (Lipinski definition) is 1. The van der Waals surface area contributed by atoms with Crippen molar-refractivity contribution >= 4 is 21.6 Å². The van der Waals surface area contributed by atoms with E-state index in [2.05, 4.69) is 4.72 Å². The van der Waals surface area contributed by atoms with Crippen LogP contribution in [0.1, 0.15) is 47.1 Å². The predicted octanol–water partition coefficient (Wildman–Crippen LogP) is 3.24. The maximum absolute atomic E-state index is 13.1. The highest BCUT2D eigenvalue weighted by molar-refractivity contribution is 7.92. The largest absolute Gasteiger partial charge is 0.343 e. The van der Waals surface area contributed by atoms with Gasteiger partial charge in [-0.1, -0.05) is 25.1 Å². The van der Waals surface area contributed by atoms with Crippen LogP contribution in [0.15, 0.2) is 29.2 Å². The first-order valence-corrected chi connectivity index (χ1v) is 10.8. The first kappa shape index (κ1) is 19.5. The van der Waals surface area contributed by atoms with Crippen LogP contribution < -0.4 is 4.72 Å². The van der Waals surface area contributed by atoms with Gasteiger partial charge in [-0.15, -0.1) is 0 Å². The smallest absolute Gasteiger partial charge is 0.270 e. The summed E-state index contributed by atoms with van der Waals surface area (Å²) in [7, 11) is -2.06. The third kappa shape index (κ3) is 3.60. The van der Waals surface area contributed by atoms with Crippen molar-refractivity contribution in [3.63, 3.8) is 0 Å². The zero-order chi connectivity index (χ0) is 19.8. The second kappa shape index (κ2) is 7.38. The molecule has 1 aromatic carbocycles. The molecule has 2 heterocycles. The number of carbonyl (C=O) groups is 1. The topological polar surface area (TPSA) is 71.4 Å². The van der Waals surface area contributed by atoms with E-state index < -0.39 is 10.0 Å². The van der Waals surface area contributed by atoms with E-state index in [9.17, 15) is 13.2 Å². The molecule has 0 unspecified atom stereocenters. The van der Waals surface area contributed by atoms with Crippen molar-refractivity contribution in [2.24, 2.45) is 7.05 Å². The number of rotatable bonds is 5. The molecule has 0 bridgehead atoms. The molecular formula is C20H27N3O3S. The molecule has 2 aromatic rings. The van der Waals surface area contributed by atoms with E-state index in [1.165, 1.54) is 6.07 Å². The van der Waals surface area contributed by atoms with E-state index in [-0.39, 0.29) is 10.8 Å². The Morgan fingerprint density at radius 1 is 1.19 bits per heavy atom. The van der Waals surface area contributed by atoms with E-state index in [1.54, 1.807) is 23.4 Å². The summed E-state index contributed by atoms with van der Waals surface area (Å²) in [5.74, 6) is -0.107. The Kier molecular flexibility index (Phi) is 5.33. The lowest BCUT2D eigenvalue weighted by Gasteiger charge is -2.15. The fourth-order valence-corrected chi connectivity index (χ4v) is 5.05. The summed E-state index contributed by atoms with van der Waals surface area (Å²) in [6, 6.07) is 7.23. The van der Waals surface area contributed by atoms with Crippen LogP contribution in [0.4, 0.5) is 5.69 Å². The number of carbonyl (C=O) groups excluding carboxylic acids is 1. The summed E-state index contributed by atoms with van der Waals surface area (Å²) < 4.78 is 30.6. The Morgan fingerprint density at radius 2 is 1.85 bits per heavy atom. The molecule has 1 aliphatic heterocycles. The summed E-state index contributed by atoms with van der Waals surface area (Å²) in [6.45, 7) is 7.07. The minimum absolute atomic E-state index is 0.107. The zero-order valence-corrected chi connectivity index (χ0v) is 17.2. The lowest BCUT2D eigenvalue weighted by molar-refractivity contribution is 0.0783. The average molecular weight is 390 g/mol. The van der Waals surface area contributed by atoms with Crippen molar-refractivity contribution in [3.05, 3.63) is 46.8 Å². The highest BCUT2D eigenvalue weighted by atomic mass is 32.2. The first-order valence-electron chi connectivity index (χ1n) is 9.33. The fourth-order valence-electron chi connectivity index (χ4n) is 3.59. The van der Waals surface area contributed by atoms with E-state index in [4.69, 9.17) is 0 Å². The summed E-state index contributed by atoms with van der Waals surface area (Å²) in [6.07, 6.45) is 2.72. The molecule has 3 rings (SSSR count). The standard InChI is InChI=1S/C20H27N3O3S/c1-5-16-10-8-9-14(2)19(16)21-27(25,26)18-13-17(22(4)15(18)3)20(24)23-11-6-7-12-23/h8-10,13,21H,5-7,11-12H2,1-4H3. The SMILES string of the molecule is CCc1cccc(C)c1NS(=O)(=O)c1cc(C(=O)N2CCCC2)n(C)c1C. The number of aromatic nitrogens is 1. The Hall–Kier alpha value is -2.28. The van der Waals surface area contributed by atoms with E-state index >= 15 is 0 Å². The summed E-state index contributed by atoms with van der Waals surface area (Å²) in [5.41, 5.74) is 3.41. The van der Waals surface area contributed by atoms with Crippen LogP contribution in [0.25, 0.3) is 0 Å². The third-order valence-corrected chi connectivity index (χ3v) is 6.83. The summed E-state index contributed by atoms with van der Waals surface area (Å²) in [4.78, 5) is 14.7. The molecule has 7 heteroatoms. The van der Waals surface area contributed by atoms with Crippen LogP contribution in [0.3, 0.4) is 0 Å². The highest BCUT2D eigenvalue weighted by Crippen LogP contribution is 2.28. The van der Waals surface area contributed by atoms with Gasteiger partial charge >= 0.3 is 0 Å². The first-order chi connectivity index (χ1) is 12.8. The Bertz CT molecular complexity index is 971. The second-order valence-electron chi connectivity index (χ2n) is 7.11. The van der Waals surface area contributed by atoms with Gasteiger partial charge in [-0.25, -0.2) is 8.42 Å². The number of benzene rings is 1. The van der Waals surface area contributed by atoms with Crippen LogP contribution in [0.2, 0.25) is 0 Å². The number of aryl methyl sites for hydroxylation is 2. The van der Waals surface area contributed by atoms with Gasteiger partial charge in [-0.2, -0.15) is 0 Å². The summed E-state index contributed by atoms with van der Waals surface area (Å²) in [5, 5.41) is 0. The number of sulfonamides is 1. The molecule has 146 valence electrons. The number of anilines is 1. The Labute approximate surface area is 161 Å². The minimum Gasteiger partial charge on any atom is -0.343 e. The maximum Gasteiger partial charge on any atom is 0.270 e. The van der Waals surface area contributed by atoms with E-state index in [1.807, 2.05) is 32.0 Å². The van der Waals surface area contributed by atoms with Gasteiger partial charge in [0.05, 0.1) is 5.69 Å². The molecule has 1 N–H and O–H groups in total. The van der Waals surface area contributed by atoms with Crippen molar-refractivity contribution in [2.45, 2.75) is 44.9 Å². The number of amides is 1. The van der Waals surface area contributed by atoms with Crippen molar-refractivity contribution in [2.75, 3.05) is 17.8 Å². The summed E-state index contributed by atoms with van der Waals surface area (Å²) >= 11 is 0. The van der Waals surface area contributed by atoms with Crippen LogP contribution in [0.5, 0.6) is 0 Å². The highest BCUT2D eigenvalue weighted by Gasteiger charge is 2.28. The van der Waals surface area contributed by atoms with Crippen molar-refractivity contribution in [1.29, 1.82) is 0 Å². The van der Waals surface area contributed by atoms with Gasteiger partial charge in [0.25, 0.3) is 15.9 Å². The molecule has 0 aliphatic carbocycles. The Morgan fingerprint density at radius 3 is 2.48 bits per heavy atom. The van der Waals surface area contributed by atoms with Gasteiger partial charge < -0.3 is 9.47 Å². The molecule has 0 atom stereocenters. The van der Waals surface area contributed by atoms with Gasteiger partial charge in [0.1, 0.15) is 10.6 Å². The number of nitrogens with one attached hydrogen (secondary N) is 1. The van der Waals surface area contributed by atoms with Gasteiger partial charge in [0.2, 0.25) is 0 Å². The molecule has 1 aromatic heterocycles. The second-order valence-corrected chi connectivity index (χ2v) is 8.76. The van der Waals surface area contributed by atoms with Crippen LogP contribution in [-0.4, -0.2) is 36.9 Å². The number of para-hydroxylation sites is 1. The molecule has 1 amide bonds. The lowest BCUT2D eigenvalue weighted by Crippen LogP contribution is -2.29. The molecule has 1 aliphatic rings. The molecule has 1 fully saturated rings. The zero-order valence-electron chi connectivity index (χ0n) is 16.4. The van der Waals surface area contributed by atoms with Crippen molar-refractivity contribution < 1.29 is 13.2 Å². The number of hydrogen-bond acceptors (Lipinski definition) is 3. The van der Waals surface area contributed by atoms with Gasteiger partial charge in [0.15, 0.2) is 0 Å². The van der Waals surface area contributed by atoms with E-state index in [0.29, 0.717) is 17.1 Å². The average Bonchev–Trinajstić information content (AvgIpc) is 3.26. The fraction of sp³-hybridized carbons (Fsp3) is 0.450. The van der Waals surface area contributed by atoms with Crippen LogP contribution in [0, 0.1) is 13.8 Å². The van der Waals surface area contributed by atoms with Crippen molar-refractivity contribution in [3.8, 4) is 0 Å². The van der Waals surface area contributed by atoms with Crippen LogP contribution in [-0.2, 0) is 23.5 Å². The van der Waals surface area contributed by atoms with Crippen molar-refractivity contribution in [1.82, 2.24) is 9.47 Å². The maximum atomic E-state index is 13.1. The third-order valence-electron chi connectivity index (χ3n) is 5.37. The van der Waals surface area contributed by atoms with Gasteiger partial charge in [-0.3, -0.25) is 9.52 Å². The normalized spacial score (nSPS) is 14.6. The molecule has 1 saturated heterocycles. The van der Waals surface area contributed by atoms with Gasteiger partial charge in [0, 0.05) is 25.8 Å². The monoisotopic (exact) mass is 389 g/mol. The molecule has 0 saturated carbocycles. The molecule has 27 heavy (non-hydrogen) atoms. The predicted molar refractivity (Wildman–Crippen MR) is 107 cm³/mol. The molecular weight excluding hydrogens is 362 g/mol. The quantitative estimate of drug-likeness (QED) is 0.853. The van der Waals surface area contributed by atoms with Gasteiger partial charge in [-0.05, 0) is 50.3 Å². The number of likely N-dealkylation sites (tertiary alicyclic amines) is 1. The minimum atomic E-state index is -3.80. The van der Waals surface area contributed by atoms with E-state index in [0.717, 1.165) is 43.5 Å².